The van der Waals surface area contributed by atoms with Crippen molar-refractivity contribution in [3.63, 3.8) is 0 Å². The zero-order valence-corrected chi connectivity index (χ0v) is 14.0. The van der Waals surface area contributed by atoms with Crippen LogP contribution in [0.2, 0.25) is 0 Å². The van der Waals surface area contributed by atoms with E-state index < -0.39 is 0 Å². The van der Waals surface area contributed by atoms with Gasteiger partial charge in [0.25, 0.3) is 0 Å². The Labute approximate surface area is 136 Å². The quantitative estimate of drug-likeness (QED) is 0.707. The van der Waals surface area contributed by atoms with Crippen LogP contribution in [0, 0.1) is 0 Å². The number of fused-ring (bicyclic) bond motifs is 1. The number of benzene rings is 2. The Morgan fingerprint density at radius 3 is 2.43 bits per heavy atom. The van der Waals surface area contributed by atoms with Gasteiger partial charge < -0.3 is 14.0 Å². The van der Waals surface area contributed by atoms with Gasteiger partial charge in [0, 0.05) is 12.5 Å². The zero-order valence-electron chi connectivity index (χ0n) is 14.0. The second-order valence-electron chi connectivity index (χ2n) is 5.89. The highest BCUT2D eigenvalue weighted by Gasteiger charge is 2.14. The fourth-order valence-electron chi connectivity index (χ4n) is 2.86. The second kappa shape index (κ2) is 6.32. The van der Waals surface area contributed by atoms with Crippen molar-refractivity contribution in [2.24, 2.45) is 0 Å². The Hall–Kier alpha value is -2.49. The summed E-state index contributed by atoms with van der Waals surface area (Å²) in [5.74, 6) is 2.96. The molecular weight excluding hydrogens is 288 g/mol. The second-order valence-corrected chi connectivity index (χ2v) is 5.89. The standard InChI is InChI=1S/C19H22N2O2/c1-13(2)19-20-15-7-5-6-8-16(15)21(19)12-14-9-10-17(22-3)18(11-14)23-4/h5-11,13H,12H2,1-4H3. The summed E-state index contributed by atoms with van der Waals surface area (Å²) in [5, 5.41) is 0. The molecule has 0 N–H and O–H groups in total. The van der Waals surface area contributed by atoms with Crippen LogP contribution in [0.15, 0.2) is 42.5 Å². The van der Waals surface area contributed by atoms with Crippen molar-refractivity contribution in [3.8, 4) is 11.5 Å². The maximum atomic E-state index is 5.41. The van der Waals surface area contributed by atoms with Crippen LogP contribution in [-0.2, 0) is 6.54 Å². The molecule has 1 aromatic heterocycles. The largest absolute Gasteiger partial charge is 0.493 e. The predicted octanol–water partition coefficient (Wildman–Crippen LogP) is 4.23. The van der Waals surface area contributed by atoms with Crippen LogP contribution in [0.5, 0.6) is 11.5 Å². The lowest BCUT2D eigenvalue weighted by molar-refractivity contribution is 0.354. The van der Waals surface area contributed by atoms with Crippen molar-refractivity contribution in [3.05, 3.63) is 53.9 Å². The molecule has 0 saturated carbocycles. The minimum absolute atomic E-state index is 0.363. The number of hydrogen-bond acceptors (Lipinski definition) is 3. The van der Waals surface area contributed by atoms with E-state index in [-0.39, 0.29) is 0 Å². The van der Waals surface area contributed by atoms with Gasteiger partial charge in [0.2, 0.25) is 0 Å². The minimum atomic E-state index is 0.363. The van der Waals surface area contributed by atoms with Gasteiger partial charge >= 0.3 is 0 Å². The van der Waals surface area contributed by atoms with E-state index in [9.17, 15) is 0 Å². The molecule has 0 unspecified atom stereocenters. The van der Waals surface area contributed by atoms with Crippen LogP contribution in [0.4, 0.5) is 0 Å². The van der Waals surface area contributed by atoms with E-state index in [1.54, 1.807) is 14.2 Å². The molecular formula is C19H22N2O2. The molecule has 2 aromatic carbocycles. The summed E-state index contributed by atoms with van der Waals surface area (Å²) >= 11 is 0. The molecule has 0 aliphatic carbocycles. The third-order valence-electron chi connectivity index (χ3n) is 3.99. The number of nitrogens with zero attached hydrogens (tertiary/aromatic N) is 2. The van der Waals surface area contributed by atoms with Gasteiger partial charge in [-0.1, -0.05) is 32.0 Å². The number of aromatic nitrogens is 2. The lowest BCUT2D eigenvalue weighted by Gasteiger charge is -2.14. The summed E-state index contributed by atoms with van der Waals surface area (Å²) in [5.41, 5.74) is 3.36. The van der Waals surface area contributed by atoms with Crippen LogP contribution < -0.4 is 9.47 Å². The Balaban J connectivity index is 2.06. The molecule has 0 radical (unpaired) electrons. The van der Waals surface area contributed by atoms with Gasteiger partial charge in [-0.15, -0.1) is 0 Å². The number of para-hydroxylation sites is 2. The first-order valence-electron chi connectivity index (χ1n) is 7.80. The lowest BCUT2D eigenvalue weighted by Crippen LogP contribution is -2.07. The number of hydrogen-bond donors (Lipinski definition) is 0. The monoisotopic (exact) mass is 310 g/mol. The molecule has 0 aliphatic heterocycles. The normalized spacial score (nSPS) is 11.2. The number of rotatable bonds is 5. The maximum absolute atomic E-state index is 5.41. The molecule has 0 fully saturated rings. The first-order chi connectivity index (χ1) is 11.1. The van der Waals surface area contributed by atoms with Crippen molar-refractivity contribution in [2.75, 3.05) is 14.2 Å². The number of imidazole rings is 1. The van der Waals surface area contributed by atoms with Gasteiger partial charge in [0.1, 0.15) is 5.82 Å². The maximum Gasteiger partial charge on any atom is 0.161 e. The van der Waals surface area contributed by atoms with Crippen molar-refractivity contribution in [2.45, 2.75) is 26.3 Å². The van der Waals surface area contributed by atoms with Gasteiger partial charge in [-0.05, 0) is 29.8 Å². The minimum Gasteiger partial charge on any atom is -0.493 e. The van der Waals surface area contributed by atoms with Gasteiger partial charge in [0.15, 0.2) is 11.5 Å². The van der Waals surface area contributed by atoms with Crippen LogP contribution in [0.3, 0.4) is 0 Å². The Bertz CT molecular complexity index is 821. The third kappa shape index (κ3) is 2.89. The van der Waals surface area contributed by atoms with Gasteiger partial charge in [-0.3, -0.25) is 0 Å². The third-order valence-corrected chi connectivity index (χ3v) is 3.99. The van der Waals surface area contributed by atoms with E-state index in [2.05, 4.69) is 42.7 Å². The van der Waals surface area contributed by atoms with E-state index in [0.29, 0.717) is 5.92 Å². The predicted molar refractivity (Wildman–Crippen MR) is 92.5 cm³/mol. The van der Waals surface area contributed by atoms with Crippen molar-refractivity contribution < 1.29 is 9.47 Å². The van der Waals surface area contributed by atoms with Gasteiger partial charge in [-0.2, -0.15) is 0 Å². The lowest BCUT2D eigenvalue weighted by atomic mass is 10.1. The summed E-state index contributed by atoms with van der Waals surface area (Å²) in [6.45, 7) is 5.10. The first kappa shape index (κ1) is 15.4. The van der Waals surface area contributed by atoms with E-state index in [1.807, 2.05) is 18.2 Å². The summed E-state index contributed by atoms with van der Waals surface area (Å²) < 4.78 is 13.0. The SMILES string of the molecule is COc1ccc(Cn2c(C(C)C)nc3ccccc32)cc1OC. The fourth-order valence-corrected chi connectivity index (χ4v) is 2.86. The molecule has 0 spiro atoms. The van der Waals surface area contributed by atoms with E-state index in [4.69, 9.17) is 14.5 Å². The Morgan fingerprint density at radius 2 is 1.74 bits per heavy atom. The van der Waals surface area contributed by atoms with Crippen LogP contribution in [-0.4, -0.2) is 23.8 Å². The molecule has 0 saturated heterocycles. The zero-order chi connectivity index (χ0) is 16.4. The summed E-state index contributed by atoms with van der Waals surface area (Å²) in [4.78, 5) is 4.79. The summed E-state index contributed by atoms with van der Waals surface area (Å²) in [6, 6.07) is 14.3. The van der Waals surface area contributed by atoms with E-state index in [0.717, 1.165) is 40.5 Å². The molecule has 3 aromatic rings. The molecule has 0 aliphatic rings. The van der Waals surface area contributed by atoms with Crippen LogP contribution >= 0.6 is 0 Å². The Kier molecular flexibility index (Phi) is 4.24. The van der Waals surface area contributed by atoms with E-state index >= 15 is 0 Å². The molecule has 3 rings (SSSR count). The number of methoxy groups -OCH3 is 2. The molecule has 4 heteroatoms. The molecule has 0 bridgehead atoms. The van der Waals surface area contributed by atoms with Crippen LogP contribution in [0.25, 0.3) is 11.0 Å². The first-order valence-corrected chi connectivity index (χ1v) is 7.80. The molecule has 0 atom stereocenters. The van der Waals surface area contributed by atoms with Crippen LogP contribution in [0.1, 0.15) is 31.2 Å². The Morgan fingerprint density at radius 1 is 1.00 bits per heavy atom. The van der Waals surface area contributed by atoms with Crippen molar-refractivity contribution in [1.29, 1.82) is 0 Å². The van der Waals surface area contributed by atoms with Gasteiger partial charge in [0.05, 0.1) is 25.3 Å². The number of ether oxygens (including phenoxy) is 2. The average molecular weight is 310 g/mol. The molecule has 1 heterocycles. The average Bonchev–Trinajstić information content (AvgIpc) is 2.94. The molecule has 0 amide bonds. The van der Waals surface area contributed by atoms with Crippen molar-refractivity contribution in [1.82, 2.24) is 9.55 Å². The van der Waals surface area contributed by atoms with E-state index in [1.165, 1.54) is 0 Å². The van der Waals surface area contributed by atoms with Crippen molar-refractivity contribution >= 4 is 11.0 Å². The summed E-state index contributed by atoms with van der Waals surface area (Å²) in [7, 11) is 3.31. The van der Waals surface area contributed by atoms with Gasteiger partial charge in [-0.25, -0.2) is 4.98 Å². The highest BCUT2D eigenvalue weighted by molar-refractivity contribution is 5.76. The summed E-state index contributed by atoms with van der Waals surface area (Å²) in [6.07, 6.45) is 0. The topological polar surface area (TPSA) is 36.3 Å². The fraction of sp³-hybridized carbons (Fsp3) is 0.316. The smallest absolute Gasteiger partial charge is 0.161 e. The molecule has 120 valence electrons. The highest BCUT2D eigenvalue weighted by atomic mass is 16.5. The molecule has 23 heavy (non-hydrogen) atoms. The highest BCUT2D eigenvalue weighted by Crippen LogP contribution is 2.29. The molecule has 4 nitrogen and oxygen atoms in total.